The largest absolute Gasteiger partial charge is 0.474 e. The molecule has 4 rings (SSSR count). The summed E-state index contributed by atoms with van der Waals surface area (Å²) in [6.45, 7) is 1.82. The van der Waals surface area contributed by atoms with Gasteiger partial charge in [-0.1, -0.05) is 11.6 Å². The number of halogens is 2. The predicted octanol–water partition coefficient (Wildman–Crippen LogP) is 3.57. The number of nitriles is 2. The van der Waals surface area contributed by atoms with Gasteiger partial charge < -0.3 is 10.1 Å². The van der Waals surface area contributed by atoms with Crippen LogP contribution in [0, 0.1) is 28.6 Å². The molecule has 1 saturated carbocycles. The van der Waals surface area contributed by atoms with Gasteiger partial charge in [0.25, 0.3) is 0 Å². The lowest BCUT2D eigenvalue weighted by atomic mass is 9.96. The molecule has 154 valence electrons. The molecule has 0 atom stereocenters. The fourth-order valence-corrected chi connectivity index (χ4v) is 3.97. The Morgan fingerprint density at radius 3 is 2.80 bits per heavy atom. The molecule has 7 nitrogen and oxygen atoms in total. The molecule has 0 amide bonds. The summed E-state index contributed by atoms with van der Waals surface area (Å²) in [5.74, 6) is 0.331. The van der Waals surface area contributed by atoms with E-state index in [1.54, 1.807) is 6.07 Å². The van der Waals surface area contributed by atoms with Crippen LogP contribution in [0.2, 0.25) is 5.15 Å². The molecule has 1 aliphatic carbocycles. The molecule has 0 spiro atoms. The molecule has 0 aromatic carbocycles. The maximum Gasteiger partial charge on any atom is 0.220 e. The van der Waals surface area contributed by atoms with Crippen molar-refractivity contribution in [3.8, 4) is 18.0 Å². The van der Waals surface area contributed by atoms with Gasteiger partial charge in [0.15, 0.2) is 0 Å². The number of aromatic nitrogens is 2. The third-order valence-corrected chi connectivity index (χ3v) is 5.78. The van der Waals surface area contributed by atoms with Crippen LogP contribution in [0.25, 0.3) is 0 Å². The number of hydrogen-bond acceptors (Lipinski definition) is 7. The molecule has 1 N–H and O–H groups in total. The van der Waals surface area contributed by atoms with E-state index in [0.717, 1.165) is 36.0 Å². The van der Waals surface area contributed by atoms with Gasteiger partial charge in [-0.2, -0.15) is 19.9 Å². The highest BCUT2D eigenvalue weighted by atomic mass is 35.5. The van der Waals surface area contributed by atoms with Crippen molar-refractivity contribution in [2.24, 2.45) is 0 Å². The summed E-state index contributed by atoms with van der Waals surface area (Å²) < 4.78 is 19.6. The van der Waals surface area contributed by atoms with Crippen LogP contribution in [0.3, 0.4) is 0 Å². The van der Waals surface area contributed by atoms with Gasteiger partial charge in [-0.25, -0.2) is 4.98 Å². The zero-order valence-corrected chi connectivity index (χ0v) is 17.0. The molecule has 0 bridgehead atoms. The summed E-state index contributed by atoms with van der Waals surface area (Å²) in [7, 11) is 0. The van der Waals surface area contributed by atoms with E-state index in [2.05, 4.69) is 26.3 Å². The van der Waals surface area contributed by atoms with E-state index >= 15 is 0 Å². The van der Waals surface area contributed by atoms with Crippen molar-refractivity contribution < 1.29 is 9.13 Å². The number of fused-ring (bicyclic) bond motifs is 1. The second-order valence-electron chi connectivity index (χ2n) is 7.44. The van der Waals surface area contributed by atoms with Crippen LogP contribution in [0.1, 0.15) is 41.5 Å². The van der Waals surface area contributed by atoms with Crippen LogP contribution in [-0.2, 0) is 19.5 Å². The topological polar surface area (TPSA) is 97.9 Å². The van der Waals surface area contributed by atoms with Gasteiger partial charge in [0.05, 0.1) is 11.6 Å². The number of nitrogens with one attached hydrogen (secondary N) is 1. The Morgan fingerprint density at radius 2 is 2.10 bits per heavy atom. The van der Waals surface area contributed by atoms with Gasteiger partial charge in [-0.15, -0.1) is 0 Å². The number of ether oxygens (including phenoxy) is 1. The van der Waals surface area contributed by atoms with Gasteiger partial charge >= 0.3 is 0 Å². The molecular weight excluding hydrogens is 407 g/mol. The molecule has 1 fully saturated rings. The molecular formula is C21H20ClFN6O. The van der Waals surface area contributed by atoms with Crippen LogP contribution >= 0.6 is 11.6 Å². The highest BCUT2D eigenvalue weighted by Crippen LogP contribution is 2.33. The highest BCUT2D eigenvalue weighted by Gasteiger charge is 2.27. The zero-order chi connectivity index (χ0) is 21.1. The normalized spacial score (nSPS) is 16.1. The first kappa shape index (κ1) is 20.3. The Kier molecular flexibility index (Phi) is 5.98. The Hall–Kier alpha value is -2.94. The standard InChI is InChI=1S/C21H20ClFN6O/c22-19-16(10-25)17-12-29(9-6-15(17)20(28-19)26-8-7-24)11-13-4-5-18(23)27-21(13)30-14-2-1-3-14/h4-5,14H,1-3,6,8-9,11-12H2,(H,26,28). The van der Waals surface area contributed by atoms with Crippen LogP contribution < -0.4 is 10.1 Å². The Labute approximate surface area is 179 Å². The first-order chi connectivity index (χ1) is 14.6. The van der Waals surface area contributed by atoms with Gasteiger partial charge in [-0.3, -0.25) is 4.90 Å². The van der Waals surface area contributed by atoms with Crippen molar-refractivity contribution in [1.29, 1.82) is 10.5 Å². The molecule has 2 aromatic heterocycles. The van der Waals surface area contributed by atoms with E-state index in [4.69, 9.17) is 21.6 Å². The van der Waals surface area contributed by atoms with Gasteiger partial charge in [0, 0.05) is 30.8 Å². The summed E-state index contributed by atoms with van der Waals surface area (Å²) in [6, 6.07) is 7.22. The molecule has 3 heterocycles. The predicted molar refractivity (Wildman–Crippen MR) is 108 cm³/mol. The SMILES string of the molecule is N#CCNc1nc(Cl)c(C#N)c2c1CCN(Cc1ccc(F)nc1OC1CCC1)C2. The number of anilines is 1. The van der Waals surface area contributed by atoms with E-state index in [-0.39, 0.29) is 17.8 Å². The minimum Gasteiger partial charge on any atom is -0.474 e. The van der Waals surface area contributed by atoms with Crippen LogP contribution in [0.4, 0.5) is 10.2 Å². The molecule has 30 heavy (non-hydrogen) atoms. The Morgan fingerprint density at radius 1 is 1.27 bits per heavy atom. The minimum atomic E-state index is -0.560. The van der Waals surface area contributed by atoms with E-state index in [0.29, 0.717) is 43.3 Å². The van der Waals surface area contributed by atoms with Crippen LogP contribution in [-0.4, -0.2) is 34.1 Å². The highest BCUT2D eigenvalue weighted by molar-refractivity contribution is 6.30. The number of pyridine rings is 2. The van der Waals surface area contributed by atoms with Crippen molar-refractivity contribution in [2.75, 3.05) is 18.4 Å². The van der Waals surface area contributed by atoms with Crippen LogP contribution in [0.5, 0.6) is 5.88 Å². The lowest BCUT2D eigenvalue weighted by Gasteiger charge is -2.31. The second-order valence-corrected chi connectivity index (χ2v) is 7.79. The number of hydrogen-bond donors (Lipinski definition) is 1. The Balaban J connectivity index is 1.58. The maximum atomic E-state index is 13.7. The second kappa shape index (κ2) is 8.83. The average Bonchev–Trinajstić information content (AvgIpc) is 2.70. The zero-order valence-electron chi connectivity index (χ0n) is 16.3. The van der Waals surface area contributed by atoms with Crippen molar-refractivity contribution in [2.45, 2.75) is 44.9 Å². The third-order valence-electron chi connectivity index (χ3n) is 5.50. The average molecular weight is 427 g/mol. The number of nitrogens with zero attached hydrogens (tertiary/aromatic N) is 5. The molecule has 0 radical (unpaired) electrons. The van der Waals surface area contributed by atoms with E-state index in [1.807, 2.05) is 6.07 Å². The first-order valence-electron chi connectivity index (χ1n) is 9.85. The molecule has 2 aliphatic rings. The summed E-state index contributed by atoms with van der Waals surface area (Å²) in [5, 5.41) is 21.5. The van der Waals surface area contributed by atoms with Gasteiger partial charge in [0.2, 0.25) is 11.8 Å². The monoisotopic (exact) mass is 426 g/mol. The van der Waals surface area contributed by atoms with Crippen LogP contribution in [0.15, 0.2) is 12.1 Å². The molecule has 2 aromatic rings. The third kappa shape index (κ3) is 4.16. The smallest absolute Gasteiger partial charge is 0.220 e. The lowest BCUT2D eigenvalue weighted by Crippen LogP contribution is -2.32. The lowest BCUT2D eigenvalue weighted by molar-refractivity contribution is 0.110. The van der Waals surface area contributed by atoms with E-state index < -0.39 is 5.95 Å². The minimum absolute atomic E-state index is 0.101. The van der Waals surface area contributed by atoms with Crippen molar-refractivity contribution in [3.05, 3.63) is 45.5 Å². The fourth-order valence-electron chi connectivity index (χ4n) is 3.73. The van der Waals surface area contributed by atoms with Crippen molar-refractivity contribution in [1.82, 2.24) is 14.9 Å². The van der Waals surface area contributed by atoms with E-state index in [1.165, 1.54) is 6.07 Å². The summed E-state index contributed by atoms with van der Waals surface area (Å²) in [5.41, 5.74) is 2.88. The Bertz CT molecular complexity index is 1040. The van der Waals surface area contributed by atoms with Crippen molar-refractivity contribution >= 4 is 17.4 Å². The number of rotatable bonds is 6. The van der Waals surface area contributed by atoms with Gasteiger partial charge in [0.1, 0.15) is 29.7 Å². The van der Waals surface area contributed by atoms with E-state index in [9.17, 15) is 9.65 Å². The summed E-state index contributed by atoms with van der Waals surface area (Å²) in [6.07, 6.45) is 3.79. The molecule has 1 aliphatic heterocycles. The quantitative estimate of drug-likeness (QED) is 0.557. The van der Waals surface area contributed by atoms with Gasteiger partial charge in [-0.05, 0) is 43.4 Å². The first-order valence-corrected chi connectivity index (χ1v) is 10.2. The molecule has 0 saturated heterocycles. The maximum absolute atomic E-state index is 13.7. The molecule has 9 heteroatoms. The van der Waals surface area contributed by atoms with Crippen molar-refractivity contribution in [3.63, 3.8) is 0 Å². The summed E-state index contributed by atoms with van der Waals surface area (Å²) >= 11 is 6.23. The summed E-state index contributed by atoms with van der Waals surface area (Å²) in [4.78, 5) is 10.4. The fraction of sp³-hybridized carbons (Fsp3) is 0.429. The molecule has 0 unspecified atom stereocenters.